The zero-order chi connectivity index (χ0) is 14.2. The number of hydrogen-bond donors (Lipinski definition) is 1. The largest absolute Gasteiger partial charge is 0.544 e. The summed E-state index contributed by atoms with van der Waals surface area (Å²) in [4.78, 5) is 25.5. The number of ether oxygens (including phenoxy) is 1. The monoisotopic (exact) mass is 270 g/mol. The summed E-state index contributed by atoms with van der Waals surface area (Å²) in [5, 5.41) is 11.0. The van der Waals surface area contributed by atoms with Crippen LogP contribution in [-0.4, -0.2) is 54.3 Å². The summed E-state index contributed by atoms with van der Waals surface area (Å²) in [6.07, 6.45) is 1.28. The van der Waals surface area contributed by atoms with E-state index in [4.69, 9.17) is 4.74 Å². The highest BCUT2D eigenvalue weighted by Gasteiger charge is 2.44. The number of amides is 1. The van der Waals surface area contributed by atoms with Crippen molar-refractivity contribution in [2.24, 2.45) is 0 Å². The number of nitrogens with zero attached hydrogens (tertiary/aromatic N) is 1. The maximum atomic E-state index is 11.8. The SMILES string of the molecule is CC(C)(C)OC(=O)N1CC([NH+]2CCC[C@H]2C(=O)[O-])C1. The van der Waals surface area contributed by atoms with Gasteiger partial charge in [0.15, 0.2) is 0 Å². The molecule has 6 nitrogen and oxygen atoms in total. The van der Waals surface area contributed by atoms with E-state index in [1.54, 1.807) is 4.90 Å². The number of carboxylic acid groups (broad SMARTS) is 1. The Bertz CT molecular complexity index is 371. The van der Waals surface area contributed by atoms with Crippen LogP contribution in [0.4, 0.5) is 4.79 Å². The van der Waals surface area contributed by atoms with Gasteiger partial charge in [0.05, 0.1) is 25.6 Å². The van der Waals surface area contributed by atoms with Crippen LogP contribution in [0.1, 0.15) is 33.6 Å². The van der Waals surface area contributed by atoms with E-state index in [0.717, 1.165) is 17.9 Å². The van der Waals surface area contributed by atoms with Crippen molar-refractivity contribution in [3.63, 3.8) is 0 Å². The molecule has 1 amide bonds. The molecule has 2 aliphatic rings. The number of likely N-dealkylation sites (tertiary alicyclic amines) is 2. The first-order valence-corrected chi connectivity index (χ1v) is 6.82. The molecule has 2 fully saturated rings. The van der Waals surface area contributed by atoms with Crippen molar-refractivity contribution in [3.8, 4) is 0 Å². The van der Waals surface area contributed by atoms with Gasteiger partial charge in [0, 0.05) is 12.8 Å². The van der Waals surface area contributed by atoms with Gasteiger partial charge >= 0.3 is 6.09 Å². The highest BCUT2D eigenvalue weighted by atomic mass is 16.6. The summed E-state index contributed by atoms with van der Waals surface area (Å²) in [7, 11) is 0. The lowest BCUT2D eigenvalue weighted by molar-refractivity contribution is -0.935. The van der Waals surface area contributed by atoms with E-state index < -0.39 is 17.6 Å². The third-order valence-electron chi connectivity index (χ3n) is 3.75. The third kappa shape index (κ3) is 3.18. The fourth-order valence-corrected chi connectivity index (χ4v) is 2.82. The molecular formula is C13H22N2O4. The molecule has 0 aromatic carbocycles. The van der Waals surface area contributed by atoms with Crippen LogP contribution in [0.2, 0.25) is 0 Å². The van der Waals surface area contributed by atoms with E-state index in [0.29, 0.717) is 19.5 Å². The van der Waals surface area contributed by atoms with Crippen LogP contribution in [-0.2, 0) is 9.53 Å². The average molecular weight is 270 g/mol. The average Bonchev–Trinajstić information content (AvgIpc) is 2.60. The summed E-state index contributed by atoms with van der Waals surface area (Å²) in [6.45, 7) is 7.51. The molecular weight excluding hydrogens is 248 g/mol. The van der Waals surface area contributed by atoms with E-state index >= 15 is 0 Å². The quantitative estimate of drug-likeness (QED) is 0.656. The molecule has 2 rings (SSSR count). The smallest absolute Gasteiger partial charge is 0.410 e. The lowest BCUT2D eigenvalue weighted by Gasteiger charge is -2.43. The highest BCUT2D eigenvalue weighted by molar-refractivity contribution is 5.70. The predicted octanol–water partition coefficient (Wildman–Crippen LogP) is -1.60. The van der Waals surface area contributed by atoms with E-state index in [-0.39, 0.29) is 12.1 Å². The number of carbonyl (C=O) groups is 2. The molecule has 0 aromatic rings. The van der Waals surface area contributed by atoms with Crippen molar-refractivity contribution in [2.45, 2.75) is 51.3 Å². The lowest BCUT2D eigenvalue weighted by Crippen LogP contribution is -3.21. The molecule has 0 aliphatic carbocycles. The van der Waals surface area contributed by atoms with E-state index in [9.17, 15) is 14.7 Å². The summed E-state index contributed by atoms with van der Waals surface area (Å²) in [5.41, 5.74) is -0.490. The van der Waals surface area contributed by atoms with Crippen LogP contribution in [0.25, 0.3) is 0 Å². The Hall–Kier alpha value is -1.30. The first-order valence-electron chi connectivity index (χ1n) is 6.82. The fourth-order valence-electron chi connectivity index (χ4n) is 2.82. The molecule has 2 heterocycles. The normalized spacial score (nSPS) is 28.1. The van der Waals surface area contributed by atoms with Gasteiger partial charge in [0.2, 0.25) is 0 Å². The first kappa shape index (κ1) is 14.1. The van der Waals surface area contributed by atoms with Crippen molar-refractivity contribution in [1.82, 2.24) is 4.90 Å². The number of rotatable bonds is 2. The topological polar surface area (TPSA) is 74.1 Å². The number of nitrogens with one attached hydrogen (secondary N) is 1. The number of carbonyl (C=O) groups excluding carboxylic acids is 2. The second-order valence-electron chi connectivity index (χ2n) is 6.42. The van der Waals surface area contributed by atoms with Gasteiger partial charge in [-0.15, -0.1) is 0 Å². The minimum absolute atomic E-state index is 0.206. The van der Waals surface area contributed by atoms with Crippen LogP contribution < -0.4 is 10.0 Å². The van der Waals surface area contributed by atoms with Gasteiger partial charge in [-0.05, 0) is 20.8 Å². The maximum absolute atomic E-state index is 11.8. The summed E-state index contributed by atoms with van der Waals surface area (Å²) >= 11 is 0. The van der Waals surface area contributed by atoms with Gasteiger partial charge in [-0.25, -0.2) is 4.79 Å². The van der Waals surface area contributed by atoms with Gasteiger partial charge in [-0.2, -0.15) is 0 Å². The third-order valence-corrected chi connectivity index (χ3v) is 3.75. The lowest BCUT2D eigenvalue weighted by atomic mass is 10.1. The summed E-state index contributed by atoms with van der Waals surface area (Å²) in [5.74, 6) is -0.969. The minimum Gasteiger partial charge on any atom is -0.544 e. The molecule has 2 saturated heterocycles. The number of aliphatic carboxylic acids is 1. The molecule has 2 aliphatic heterocycles. The summed E-state index contributed by atoms with van der Waals surface area (Å²) < 4.78 is 5.28. The Morgan fingerprint density at radius 1 is 1.32 bits per heavy atom. The Labute approximate surface area is 113 Å². The van der Waals surface area contributed by atoms with Crippen molar-refractivity contribution in [3.05, 3.63) is 0 Å². The van der Waals surface area contributed by atoms with Crippen molar-refractivity contribution in [2.75, 3.05) is 19.6 Å². The van der Waals surface area contributed by atoms with Crippen molar-refractivity contribution < 1.29 is 24.3 Å². The summed E-state index contributed by atoms with van der Waals surface area (Å²) in [6, 6.07) is -0.205. The molecule has 1 N–H and O–H groups in total. The zero-order valence-corrected chi connectivity index (χ0v) is 11.8. The van der Waals surface area contributed by atoms with E-state index in [2.05, 4.69) is 0 Å². The Kier molecular flexibility index (Phi) is 3.71. The number of hydrogen-bond acceptors (Lipinski definition) is 4. The van der Waals surface area contributed by atoms with Gasteiger partial charge in [0.1, 0.15) is 17.7 Å². The van der Waals surface area contributed by atoms with Crippen LogP contribution in [0.15, 0.2) is 0 Å². The van der Waals surface area contributed by atoms with Gasteiger partial charge < -0.3 is 19.5 Å². The first-order chi connectivity index (χ1) is 8.78. The second-order valence-corrected chi connectivity index (χ2v) is 6.42. The molecule has 6 heteroatoms. The molecule has 0 radical (unpaired) electrons. The minimum atomic E-state index is -0.969. The number of carboxylic acids is 1. The molecule has 0 bridgehead atoms. The van der Waals surface area contributed by atoms with Crippen LogP contribution in [0.3, 0.4) is 0 Å². The van der Waals surface area contributed by atoms with Gasteiger partial charge in [0.25, 0.3) is 0 Å². The van der Waals surface area contributed by atoms with Crippen molar-refractivity contribution >= 4 is 12.1 Å². The molecule has 0 saturated carbocycles. The van der Waals surface area contributed by atoms with Gasteiger partial charge in [-0.1, -0.05) is 0 Å². The Morgan fingerprint density at radius 3 is 2.47 bits per heavy atom. The zero-order valence-electron chi connectivity index (χ0n) is 11.8. The van der Waals surface area contributed by atoms with Crippen LogP contribution >= 0.6 is 0 Å². The molecule has 2 atom stereocenters. The fraction of sp³-hybridized carbons (Fsp3) is 0.846. The molecule has 0 spiro atoms. The standard InChI is InChI=1S/C13H22N2O4/c1-13(2,3)19-12(18)14-7-9(8-14)15-6-4-5-10(15)11(16)17/h9-10H,4-8H2,1-3H3,(H,16,17)/t10-/m0/s1. The number of quaternary nitrogens is 1. The van der Waals surface area contributed by atoms with E-state index in [1.807, 2.05) is 20.8 Å². The molecule has 0 aromatic heterocycles. The van der Waals surface area contributed by atoms with E-state index in [1.165, 1.54) is 0 Å². The maximum Gasteiger partial charge on any atom is 0.410 e. The van der Waals surface area contributed by atoms with Crippen LogP contribution in [0.5, 0.6) is 0 Å². The molecule has 19 heavy (non-hydrogen) atoms. The second kappa shape index (κ2) is 5.00. The molecule has 108 valence electrons. The molecule has 1 unspecified atom stereocenters. The van der Waals surface area contributed by atoms with Gasteiger partial charge in [-0.3, -0.25) is 4.90 Å². The Balaban J connectivity index is 1.83. The van der Waals surface area contributed by atoms with Crippen molar-refractivity contribution in [1.29, 1.82) is 0 Å². The highest BCUT2D eigenvalue weighted by Crippen LogP contribution is 2.15. The predicted molar refractivity (Wildman–Crippen MR) is 65.5 cm³/mol. The Morgan fingerprint density at radius 2 is 1.95 bits per heavy atom. The van der Waals surface area contributed by atoms with Crippen LogP contribution in [0, 0.1) is 0 Å².